The Morgan fingerprint density at radius 2 is 2.16 bits per heavy atom. The average molecular weight is 364 g/mol. The molecule has 0 aliphatic carbocycles. The van der Waals surface area contributed by atoms with Crippen LogP contribution in [0.5, 0.6) is 0 Å². The Labute approximate surface area is 148 Å². The van der Waals surface area contributed by atoms with Gasteiger partial charge in [0.15, 0.2) is 12.2 Å². The van der Waals surface area contributed by atoms with E-state index >= 15 is 0 Å². The molecule has 0 fully saturated rings. The van der Waals surface area contributed by atoms with Crippen molar-refractivity contribution in [3.05, 3.63) is 63.7 Å². The number of nitrogens with zero attached hydrogens (tertiary/aromatic N) is 2. The number of aryl methyl sites for hydroxylation is 1. The number of amidine groups is 1. The SMILES string of the molecule is COC(=O)C1=C(C)NC(c2ncoc2C)=NC1c1ccc(F)cc1Cl. The van der Waals surface area contributed by atoms with E-state index in [1.807, 2.05) is 0 Å². The second-order valence-electron chi connectivity index (χ2n) is 5.46. The third-order valence-electron chi connectivity index (χ3n) is 3.87. The van der Waals surface area contributed by atoms with Gasteiger partial charge < -0.3 is 14.5 Å². The number of benzene rings is 1. The fourth-order valence-electron chi connectivity index (χ4n) is 2.65. The fourth-order valence-corrected chi connectivity index (χ4v) is 2.92. The average Bonchev–Trinajstić information content (AvgIpc) is 2.99. The molecular weight excluding hydrogens is 349 g/mol. The van der Waals surface area contributed by atoms with Gasteiger partial charge in [0.05, 0.1) is 12.7 Å². The maximum Gasteiger partial charge on any atom is 0.338 e. The molecule has 1 atom stereocenters. The van der Waals surface area contributed by atoms with Gasteiger partial charge in [-0.1, -0.05) is 17.7 Å². The molecule has 0 radical (unpaired) electrons. The maximum absolute atomic E-state index is 13.4. The third-order valence-corrected chi connectivity index (χ3v) is 4.20. The molecule has 0 saturated heterocycles. The summed E-state index contributed by atoms with van der Waals surface area (Å²) in [5.74, 6) is -0.0130. The number of halogens is 2. The highest BCUT2D eigenvalue weighted by Crippen LogP contribution is 2.36. The van der Waals surface area contributed by atoms with Crippen molar-refractivity contribution in [1.82, 2.24) is 10.3 Å². The number of hydrogen-bond acceptors (Lipinski definition) is 6. The first kappa shape index (κ1) is 17.2. The van der Waals surface area contributed by atoms with Crippen molar-refractivity contribution >= 4 is 23.4 Å². The lowest BCUT2D eigenvalue weighted by Gasteiger charge is -2.25. The zero-order chi connectivity index (χ0) is 18.1. The van der Waals surface area contributed by atoms with Crippen molar-refractivity contribution < 1.29 is 18.3 Å². The molecule has 1 aliphatic heterocycles. The summed E-state index contributed by atoms with van der Waals surface area (Å²) >= 11 is 6.19. The molecular formula is C17H15ClFN3O3. The molecule has 2 heterocycles. The number of aliphatic imine (C=N–C) groups is 1. The zero-order valence-corrected chi connectivity index (χ0v) is 14.5. The molecule has 8 heteroatoms. The largest absolute Gasteiger partial charge is 0.466 e. The van der Waals surface area contributed by atoms with E-state index in [0.29, 0.717) is 34.1 Å². The van der Waals surface area contributed by atoms with Gasteiger partial charge in [0.25, 0.3) is 0 Å². The highest BCUT2D eigenvalue weighted by molar-refractivity contribution is 6.31. The zero-order valence-electron chi connectivity index (χ0n) is 13.8. The van der Waals surface area contributed by atoms with E-state index in [9.17, 15) is 9.18 Å². The van der Waals surface area contributed by atoms with Crippen LogP contribution in [0.2, 0.25) is 5.02 Å². The van der Waals surface area contributed by atoms with Crippen LogP contribution in [0.1, 0.15) is 30.0 Å². The summed E-state index contributed by atoms with van der Waals surface area (Å²) in [5.41, 5.74) is 1.85. The Morgan fingerprint density at radius 1 is 1.40 bits per heavy atom. The number of allylic oxidation sites excluding steroid dienone is 1. The van der Waals surface area contributed by atoms with Crippen LogP contribution in [-0.4, -0.2) is 23.9 Å². The number of rotatable bonds is 3. The number of methoxy groups -OCH3 is 1. The smallest absolute Gasteiger partial charge is 0.338 e. The highest BCUT2D eigenvalue weighted by atomic mass is 35.5. The van der Waals surface area contributed by atoms with Crippen LogP contribution < -0.4 is 5.32 Å². The standard InChI is InChI=1S/C17H15ClFN3O3/c1-8-13(17(23)24-3)15(11-5-4-10(19)6-12(11)18)22-16(21-8)14-9(2)25-7-20-14/h4-7,15H,1-3H3,(H,21,22). The molecule has 6 nitrogen and oxygen atoms in total. The normalized spacial score (nSPS) is 17.2. The Balaban J connectivity index is 2.16. The molecule has 1 aromatic heterocycles. The van der Waals surface area contributed by atoms with Crippen LogP contribution in [-0.2, 0) is 9.53 Å². The molecule has 1 unspecified atom stereocenters. The van der Waals surface area contributed by atoms with Crippen molar-refractivity contribution in [3.63, 3.8) is 0 Å². The minimum absolute atomic E-state index is 0.168. The van der Waals surface area contributed by atoms with Crippen LogP contribution >= 0.6 is 11.6 Å². The molecule has 0 spiro atoms. The van der Waals surface area contributed by atoms with Crippen molar-refractivity contribution in [2.75, 3.05) is 7.11 Å². The topological polar surface area (TPSA) is 76.7 Å². The van der Waals surface area contributed by atoms with Gasteiger partial charge in [-0.05, 0) is 26.0 Å². The minimum atomic E-state index is -0.757. The van der Waals surface area contributed by atoms with Gasteiger partial charge in [0, 0.05) is 16.3 Å². The minimum Gasteiger partial charge on any atom is -0.466 e. The molecule has 0 bridgehead atoms. The second kappa shape index (κ2) is 6.68. The molecule has 2 aromatic rings. The summed E-state index contributed by atoms with van der Waals surface area (Å²) in [5, 5.41) is 3.21. The Bertz CT molecular complexity index is 904. The molecule has 130 valence electrons. The summed E-state index contributed by atoms with van der Waals surface area (Å²) in [4.78, 5) is 21.0. The summed E-state index contributed by atoms with van der Waals surface area (Å²) in [6.45, 7) is 3.47. The van der Waals surface area contributed by atoms with E-state index < -0.39 is 17.8 Å². The number of carbonyl (C=O) groups is 1. The summed E-state index contributed by atoms with van der Waals surface area (Å²) in [6.07, 6.45) is 1.31. The number of aromatic nitrogens is 1. The first-order valence-corrected chi connectivity index (χ1v) is 7.79. The Morgan fingerprint density at radius 3 is 2.76 bits per heavy atom. The van der Waals surface area contributed by atoms with Gasteiger partial charge in [-0.15, -0.1) is 0 Å². The summed E-state index contributed by atoms with van der Waals surface area (Å²) in [6, 6.07) is 3.19. The Kier molecular flexibility index (Phi) is 4.59. The number of hydrogen-bond donors (Lipinski definition) is 1. The number of nitrogens with one attached hydrogen (secondary N) is 1. The fraction of sp³-hybridized carbons (Fsp3) is 0.235. The predicted molar refractivity (Wildman–Crippen MR) is 89.8 cm³/mol. The first-order valence-electron chi connectivity index (χ1n) is 7.41. The van der Waals surface area contributed by atoms with Crippen molar-refractivity contribution in [1.29, 1.82) is 0 Å². The molecule has 1 aromatic carbocycles. The van der Waals surface area contributed by atoms with Gasteiger partial charge >= 0.3 is 5.97 Å². The van der Waals surface area contributed by atoms with E-state index in [1.165, 1.54) is 31.7 Å². The van der Waals surface area contributed by atoms with E-state index in [4.69, 9.17) is 20.8 Å². The Hall–Kier alpha value is -2.67. The summed E-state index contributed by atoms with van der Waals surface area (Å²) < 4.78 is 23.5. The lowest BCUT2D eigenvalue weighted by molar-refractivity contribution is -0.136. The molecule has 0 saturated carbocycles. The third kappa shape index (κ3) is 3.15. The van der Waals surface area contributed by atoms with Crippen molar-refractivity contribution in [2.24, 2.45) is 4.99 Å². The van der Waals surface area contributed by atoms with Gasteiger partial charge in [-0.3, -0.25) is 4.99 Å². The lowest BCUT2D eigenvalue weighted by Crippen LogP contribution is -2.33. The van der Waals surface area contributed by atoms with Crippen LogP contribution in [0, 0.1) is 12.7 Å². The lowest BCUT2D eigenvalue weighted by atomic mass is 9.95. The van der Waals surface area contributed by atoms with Crippen molar-refractivity contribution in [3.8, 4) is 0 Å². The number of ether oxygens (including phenoxy) is 1. The molecule has 1 aliphatic rings. The monoisotopic (exact) mass is 363 g/mol. The molecule has 1 N–H and O–H groups in total. The van der Waals surface area contributed by atoms with E-state index in [-0.39, 0.29) is 5.02 Å². The van der Waals surface area contributed by atoms with Gasteiger partial charge in [-0.25, -0.2) is 14.2 Å². The van der Waals surface area contributed by atoms with Crippen LogP contribution in [0.15, 0.2) is 45.3 Å². The highest BCUT2D eigenvalue weighted by Gasteiger charge is 2.32. The van der Waals surface area contributed by atoms with Crippen molar-refractivity contribution in [2.45, 2.75) is 19.9 Å². The van der Waals surface area contributed by atoms with Crippen LogP contribution in [0.4, 0.5) is 4.39 Å². The quantitative estimate of drug-likeness (QED) is 0.846. The van der Waals surface area contributed by atoms with Gasteiger partial charge in [0.1, 0.15) is 23.3 Å². The van der Waals surface area contributed by atoms with E-state index in [1.54, 1.807) is 13.8 Å². The molecule has 3 rings (SSSR count). The molecule has 0 amide bonds. The number of carbonyl (C=O) groups excluding carboxylic acids is 1. The molecule has 25 heavy (non-hydrogen) atoms. The van der Waals surface area contributed by atoms with Gasteiger partial charge in [0.2, 0.25) is 0 Å². The van der Waals surface area contributed by atoms with Crippen LogP contribution in [0.25, 0.3) is 0 Å². The summed E-state index contributed by atoms with van der Waals surface area (Å²) in [7, 11) is 1.28. The van der Waals surface area contributed by atoms with E-state index in [0.717, 1.165) is 0 Å². The van der Waals surface area contributed by atoms with Crippen LogP contribution in [0.3, 0.4) is 0 Å². The number of oxazole rings is 1. The predicted octanol–water partition coefficient (Wildman–Crippen LogP) is 3.31. The van der Waals surface area contributed by atoms with E-state index in [2.05, 4.69) is 15.3 Å². The maximum atomic E-state index is 13.4. The first-order chi connectivity index (χ1) is 11.9. The van der Waals surface area contributed by atoms with Gasteiger partial charge in [-0.2, -0.15) is 0 Å². The number of esters is 1. The second-order valence-corrected chi connectivity index (χ2v) is 5.87.